The Bertz CT molecular complexity index is 771. The van der Waals surface area contributed by atoms with Crippen LogP contribution in [0.15, 0.2) is 57.6 Å². The fourth-order valence-electron chi connectivity index (χ4n) is 1.41. The largest absolute Gasteiger partial charge is 0.508 e. The molecule has 0 saturated carbocycles. The Morgan fingerprint density at radius 1 is 0.950 bits per heavy atom. The molecule has 104 valence electrons. The van der Waals surface area contributed by atoms with Crippen molar-refractivity contribution in [3.8, 4) is 11.5 Å². The van der Waals surface area contributed by atoms with E-state index in [1.807, 2.05) is 0 Å². The summed E-state index contributed by atoms with van der Waals surface area (Å²) in [4.78, 5) is -0.302. The lowest BCUT2D eigenvalue weighted by Gasteiger charge is -1.99. The molecule has 2 rings (SSSR count). The molecule has 0 fully saturated rings. The molecule has 20 heavy (non-hydrogen) atoms. The molecule has 2 aromatic carbocycles. The number of hydrogen-bond donors (Lipinski definition) is 3. The van der Waals surface area contributed by atoms with Crippen LogP contribution in [0.1, 0.15) is 0 Å². The SMILES string of the molecule is O=S(=O)(O)c1cccc(N=Nc2ccc(O)cc2O)c1. The molecule has 0 aliphatic rings. The normalized spacial score (nSPS) is 11.8. The van der Waals surface area contributed by atoms with Gasteiger partial charge in [-0.15, -0.1) is 5.11 Å². The highest BCUT2D eigenvalue weighted by atomic mass is 32.2. The van der Waals surface area contributed by atoms with E-state index in [9.17, 15) is 13.5 Å². The van der Waals surface area contributed by atoms with Crippen molar-refractivity contribution in [2.45, 2.75) is 4.90 Å². The lowest BCUT2D eigenvalue weighted by molar-refractivity contribution is 0.451. The zero-order valence-corrected chi connectivity index (χ0v) is 10.8. The quantitative estimate of drug-likeness (QED) is 0.594. The minimum atomic E-state index is -4.31. The second-order valence-electron chi connectivity index (χ2n) is 3.85. The van der Waals surface area contributed by atoms with Crippen molar-refractivity contribution in [2.75, 3.05) is 0 Å². The molecule has 0 unspecified atom stereocenters. The third-order valence-corrected chi connectivity index (χ3v) is 3.20. The van der Waals surface area contributed by atoms with E-state index in [0.29, 0.717) is 0 Å². The lowest BCUT2D eigenvalue weighted by atomic mass is 10.3. The number of rotatable bonds is 3. The Morgan fingerprint density at radius 3 is 2.35 bits per heavy atom. The van der Waals surface area contributed by atoms with Gasteiger partial charge in [-0.2, -0.15) is 13.5 Å². The van der Waals surface area contributed by atoms with Gasteiger partial charge in [-0.1, -0.05) is 6.07 Å². The minimum absolute atomic E-state index is 0.111. The summed E-state index contributed by atoms with van der Waals surface area (Å²) in [5, 5.41) is 26.1. The van der Waals surface area contributed by atoms with Gasteiger partial charge in [0.2, 0.25) is 0 Å². The summed E-state index contributed by atoms with van der Waals surface area (Å²) >= 11 is 0. The summed E-state index contributed by atoms with van der Waals surface area (Å²) < 4.78 is 30.8. The average molecular weight is 294 g/mol. The molecule has 3 N–H and O–H groups in total. The standard InChI is InChI=1S/C12H10N2O5S/c15-9-4-5-11(12(16)7-9)14-13-8-2-1-3-10(6-8)20(17,18)19/h1-7,15-16H,(H,17,18,19). The second kappa shape index (κ2) is 5.27. The van der Waals surface area contributed by atoms with E-state index in [1.54, 1.807) is 0 Å². The van der Waals surface area contributed by atoms with Crippen LogP contribution < -0.4 is 0 Å². The number of hydrogen-bond acceptors (Lipinski definition) is 6. The predicted molar refractivity (Wildman–Crippen MR) is 70.2 cm³/mol. The van der Waals surface area contributed by atoms with Crippen LogP contribution in [0.4, 0.5) is 11.4 Å². The summed E-state index contributed by atoms with van der Waals surface area (Å²) in [6.45, 7) is 0. The van der Waals surface area contributed by atoms with Crippen molar-refractivity contribution in [1.29, 1.82) is 0 Å². The van der Waals surface area contributed by atoms with Crippen LogP contribution in [-0.4, -0.2) is 23.2 Å². The van der Waals surface area contributed by atoms with Gasteiger partial charge in [-0.05, 0) is 30.3 Å². The van der Waals surface area contributed by atoms with E-state index in [0.717, 1.165) is 12.1 Å². The van der Waals surface area contributed by atoms with E-state index in [4.69, 9.17) is 9.66 Å². The van der Waals surface area contributed by atoms with Crippen LogP contribution >= 0.6 is 0 Å². The first kappa shape index (κ1) is 14.0. The van der Waals surface area contributed by atoms with E-state index >= 15 is 0 Å². The summed E-state index contributed by atoms with van der Waals surface area (Å²) in [5.74, 6) is -0.380. The molecule has 0 saturated heterocycles. The van der Waals surface area contributed by atoms with Gasteiger partial charge in [-0.25, -0.2) is 0 Å². The van der Waals surface area contributed by atoms with Crippen LogP contribution in [0, 0.1) is 0 Å². The Labute approximate surface area is 114 Å². The zero-order chi connectivity index (χ0) is 14.8. The zero-order valence-electron chi connectivity index (χ0n) is 10.0. The maximum absolute atomic E-state index is 11.0. The van der Waals surface area contributed by atoms with Gasteiger partial charge >= 0.3 is 0 Å². The van der Waals surface area contributed by atoms with Crippen molar-refractivity contribution < 1.29 is 23.2 Å². The predicted octanol–water partition coefficient (Wildman–Crippen LogP) is 2.76. The van der Waals surface area contributed by atoms with Crippen LogP contribution in [-0.2, 0) is 10.1 Å². The molecule has 0 aliphatic heterocycles. The summed E-state index contributed by atoms with van der Waals surface area (Å²) in [7, 11) is -4.31. The molecule has 7 nitrogen and oxygen atoms in total. The van der Waals surface area contributed by atoms with Gasteiger partial charge in [0.25, 0.3) is 10.1 Å². The van der Waals surface area contributed by atoms with Crippen molar-refractivity contribution in [1.82, 2.24) is 0 Å². The third-order valence-electron chi connectivity index (χ3n) is 2.35. The number of aromatic hydroxyl groups is 2. The first-order valence-electron chi connectivity index (χ1n) is 5.37. The highest BCUT2D eigenvalue weighted by molar-refractivity contribution is 7.85. The second-order valence-corrected chi connectivity index (χ2v) is 5.27. The Hall–Kier alpha value is -2.45. The van der Waals surface area contributed by atoms with Crippen LogP contribution in [0.2, 0.25) is 0 Å². The highest BCUT2D eigenvalue weighted by Crippen LogP contribution is 2.31. The summed E-state index contributed by atoms with van der Waals surface area (Å²) in [6, 6.07) is 9.00. The molecule has 0 heterocycles. The summed E-state index contributed by atoms with van der Waals surface area (Å²) in [5.41, 5.74) is 0.299. The van der Waals surface area contributed by atoms with Crippen molar-refractivity contribution >= 4 is 21.5 Å². The molecular formula is C12H10N2O5S. The minimum Gasteiger partial charge on any atom is -0.508 e. The van der Waals surface area contributed by atoms with E-state index in [1.165, 1.54) is 30.3 Å². The Balaban J connectivity index is 2.32. The summed E-state index contributed by atoms with van der Waals surface area (Å²) in [6.07, 6.45) is 0. The van der Waals surface area contributed by atoms with E-state index in [-0.39, 0.29) is 27.8 Å². The van der Waals surface area contributed by atoms with Crippen molar-refractivity contribution in [3.63, 3.8) is 0 Å². The molecular weight excluding hydrogens is 284 g/mol. The molecule has 0 spiro atoms. The average Bonchev–Trinajstić information content (AvgIpc) is 2.37. The molecule has 2 aromatic rings. The molecule has 0 amide bonds. The van der Waals surface area contributed by atoms with Crippen molar-refractivity contribution in [3.05, 3.63) is 42.5 Å². The first-order valence-corrected chi connectivity index (χ1v) is 6.81. The maximum atomic E-state index is 11.0. The monoisotopic (exact) mass is 294 g/mol. The van der Waals surface area contributed by atoms with Crippen LogP contribution in [0.3, 0.4) is 0 Å². The molecule has 0 radical (unpaired) electrons. The van der Waals surface area contributed by atoms with Gasteiger partial charge in [-0.3, -0.25) is 4.55 Å². The van der Waals surface area contributed by atoms with E-state index < -0.39 is 10.1 Å². The van der Waals surface area contributed by atoms with Crippen LogP contribution in [0.5, 0.6) is 11.5 Å². The van der Waals surface area contributed by atoms with E-state index in [2.05, 4.69) is 10.2 Å². The van der Waals surface area contributed by atoms with Gasteiger partial charge in [0.05, 0.1) is 10.6 Å². The van der Waals surface area contributed by atoms with Gasteiger partial charge in [0.15, 0.2) is 0 Å². The smallest absolute Gasteiger partial charge is 0.294 e. The molecule has 0 aliphatic carbocycles. The number of azo groups is 1. The highest BCUT2D eigenvalue weighted by Gasteiger charge is 2.09. The third kappa shape index (κ3) is 3.31. The first-order chi connectivity index (χ1) is 9.36. The number of nitrogens with zero attached hydrogens (tertiary/aromatic N) is 2. The fraction of sp³-hybridized carbons (Fsp3) is 0. The number of benzene rings is 2. The van der Waals surface area contributed by atoms with Crippen LogP contribution in [0.25, 0.3) is 0 Å². The number of phenolic OH excluding ortho intramolecular Hbond substituents is 2. The topological polar surface area (TPSA) is 120 Å². The van der Waals surface area contributed by atoms with Gasteiger partial charge in [0, 0.05) is 6.07 Å². The number of phenols is 2. The molecule has 0 atom stereocenters. The maximum Gasteiger partial charge on any atom is 0.294 e. The molecule has 0 aromatic heterocycles. The van der Waals surface area contributed by atoms with Crippen molar-refractivity contribution in [2.24, 2.45) is 10.2 Å². The lowest BCUT2D eigenvalue weighted by Crippen LogP contribution is -1.96. The molecule has 8 heteroatoms. The molecule has 0 bridgehead atoms. The fourth-order valence-corrected chi connectivity index (χ4v) is 1.93. The Kier molecular flexibility index (Phi) is 3.68. The van der Waals surface area contributed by atoms with Gasteiger partial charge in [0.1, 0.15) is 17.2 Å². The Morgan fingerprint density at radius 2 is 1.70 bits per heavy atom. The van der Waals surface area contributed by atoms with Gasteiger partial charge < -0.3 is 10.2 Å².